The van der Waals surface area contributed by atoms with E-state index in [1.54, 1.807) is 0 Å². The molecular weight excluding hydrogens is 316 g/mol. The summed E-state index contributed by atoms with van der Waals surface area (Å²) in [6.07, 6.45) is 1.85. The number of hydrogen-bond acceptors (Lipinski definition) is 3. The lowest BCUT2D eigenvalue weighted by atomic mass is 10.1. The molecule has 0 spiro atoms. The summed E-state index contributed by atoms with van der Waals surface area (Å²) in [6, 6.07) is 2.31. The topological polar surface area (TPSA) is 42.7 Å². The van der Waals surface area contributed by atoms with Crippen molar-refractivity contribution in [1.82, 2.24) is 14.8 Å². The number of pyridine rings is 1. The molecule has 5 heteroatoms. The van der Waals surface area contributed by atoms with Crippen LogP contribution in [0.4, 0.5) is 5.69 Å². The highest BCUT2D eigenvalue weighted by molar-refractivity contribution is 9.10. The Hall–Kier alpha value is -1.36. The van der Waals surface area contributed by atoms with Gasteiger partial charge in [-0.15, -0.1) is 0 Å². The molecule has 0 saturated carbocycles. The summed E-state index contributed by atoms with van der Waals surface area (Å²) in [4.78, 5) is 4.32. The van der Waals surface area contributed by atoms with Crippen LogP contribution in [0.2, 0.25) is 0 Å². The Kier molecular flexibility index (Phi) is 4.48. The Balaban J connectivity index is 2.25. The van der Waals surface area contributed by atoms with Crippen molar-refractivity contribution in [3.63, 3.8) is 0 Å². The minimum absolute atomic E-state index is 0.206. The van der Waals surface area contributed by atoms with Gasteiger partial charge in [-0.05, 0) is 62.2 Å². The Labute approximate surface area is 128 Å². The maximum Gasteiger partial charge on any atom is 0.109 e. The van der Waals surface area contributed by atoms with E-state index in [-0.39, 0.29) is 6.04 Å². The summed E-state index contributed by atoms with van der Waals surface area (Å²) in [7, 11) is 0. The molecule has 0 aliphatic rings. The second kappa shape index (κ2) is 5.95. The third-order valence-corrected chi connectivity index (χ3v) is 4.40. The molecule has 2 rings (SSSR count). The van der Waals surface area contributed by atoms with E-state index in [2.05, 4.69) is 65.1 Å². The van der Waals surface area contributed by atoms with Gasteiger partial charge in [0.25, 0.3) is 0 Å². The smallest absolute Gasteiger partial charge is 0.109 e. The predicted octanol–water partition coefficient (Wildman–Crippen LogP) is 4.16. The van der Waals surface area contributed by atoms with Gasteiger partial charge in [0.15, 0.2) is 0 Å². The second-order valence-electron chi connectivity index (χ2n) is 5.10. The first kappa shape index (κ1) is 15.0. The normalized spacial score (nSPS) is 12.5. The van der Waals surface area contributed by atoms with Gasteiger partial charge in [0, 0.05) is 17.8 Å². The van der Waals surface area contributed by atoms with Crippen molar-refractivity contribution in [2.24, 2.45) is 0 Å². The first-order valence-electron chi connectivity index (χ1n) is 6.86. The van der Waals surface area contributed by atoms with E-state index in [0.29, 0.717) is 0 Å². The van der Waals surface area contributed by atoms with Gasteiger partial charge in [0.1, 0.15) is 4.60 Å². The van der Waals surface area contributed by atoms with Crippen LogP contribution in [0.1, 0.15) is 42.4 Å². The molecule has 0 saturated heterocycles. The van der Waals surface area contributed by atoms with E-state index in [4.69, 9.17) is 0 Å². The van der Waals surface area contributed by atoms with Gasteiger partial charge in [0.2, 0.25) is 0 Å². The lowest BCUT2D eigenvalue weighted by Crippen LogP contribution is -2.09. The summed E-state index contributed by atoms with van der Waals surface area (Å²) in [5, 5.41) is 8.09. The second-order valence-corrected chi connectivity index (χ2v) is 5.85. The zero-order chi connectivity index (χ0) is 14.9. The lowest BCUT2D eigenvalue weighted by Gasteiger charge is -2.16. The molecule has 1 atom stereocenters. The predicted molar refractivity (Wildman–Crippen MR) is 86.1 cm³/mol. The van der Waals surface area contributed by atoms with Gasteiger partial charge >= 0.3 is 0 Å². The van der Waals surface area contributed by atoms with Gasteiger partial charge in [-0.3, -0.25) is 4.68 Å². The number of halogens is 1. The summed E-state index contributed by atoms with van der Waals surface area (Å²) in [5.41, 5.74) is 5.74. The Bertz CT molecular complexity index is 619. The van der Waals surface area contributed by atoms with E-state index < -0.39 is 0 Å². The van der Waals surface area contributed by atoms with E-state index in [1.165, 1.54) is 11.3 Å². The molecule has 0 aromatic carbocycles. The summed E-state index contributed by atoms with van der Waals surface area (Å²) < 4.78 is 2.94. The number of hydrogen-bond donors (Lipinski definition) is 1. The molecule has 20 heavy (non-hydrogen) atoms. The molecule has 0 aliphatic heterocycles. The van der Waals surface area contributed by atoms with Crippen LogP contribution in [-0.2, 0) is 6.54 Å². The van der Waals surface area contributed by atoms with Crippen molar-refractivity contribution in [2.75, 3.05) is 5.32 Å². The van der Waals surface area contributed by atoms with Gasteiger partial charge in [-0.1, -0.05) is 0 Å². The minimum atomic E-state index is 0.206. The van der Waals surface area contributed by atoms with E-state index in [1.807, 2.05) is 17.8 Å². The molecule has 0 bridgehead atoms. The molecular formula is C15H21BrN4. The third-order valence-electron chi connectivity index (χ3n) is 3.57. The van der Waals surface area contributed by atoms with Crippen LogP contribution < -0.4 is 5.32 Å². The first-order valence-corrected chi connectivity index (χ1v) is 7.66. The molecule has 0 fully saturated rings. The van der Waals surface area contributed by atoms with Crippen LogP contribution in [-0.4, -0.2) is 14.8 Å². The number of nitrogens with one attached hydrogen (secondary N) is 1. The highest BCUT2D eigenvalue weighted by Gasteiger charge is 2.17. The molecule has 1 N–H and O–H groups in total. The van der Waals surface area contributed by atoms with Gasteiger partial charge in [-0.25, -0.2) is 4.98 Å². The van der Waals surface area contributed by atoms with Crippen molar-refractivity contribution in [2.45, 2.75) is 47.2 Å². The van der Waals surface area contributed by atoms with Crippen LogP contribution in [0.25, 0.3) is 0 Å². The number of nitrogens with zero attached hydrogens (tertiary/aromatic N) is 3. The van der Waals surface area contributed by atoms with Gasteiger partial charge in [-0.2, -0.15) is 5.10 Å². The van der Waals surface area contributed by atoms with Crippen LogP contribution in [0, 0.1) is 20.8 Å². The first-order chi connectivity index (χ1) is 9.43. The molecule has 0 aliphatic carbocycles. The number of rotatable bonds is 4. The van der Waals surface area contributed by atoms with Crippen molar-refractivity contribution < 1.29 is 0 Å². The maximum atomic E-state index is 4.58. The van der Waals surface area contributed by atoms with Crippen molar-refractivity contribution in [3.05, 3.63) is 39.4 Å². The van der Waals surface area contributed by atoms with Crippen molar-refractivity contribution in [3.8, 4) is 0 Å². The Morgan fingerprint density at radius 3 is 2.60 bits per heavy atom. The van der Waals surface area contributed by atoms with Crippen LogP contribution >= 0.6 is 15.9 Å². The largest absolute Gasteiger partial charge is 0.377 e. The monoisotopic (exact) mass is 336 g/mol. The zero-order valence-electron chi connectivity index (χ0n) is 12.7. The molecule has 1 unspecified atom stereocenters. The fraction of sp³-hybridized carbons (Fsp3) is 0.467. The highest BCUT2D eigenvalue weighted by atomic mass is 79.9. The van der Waals surface area contributed by atoms with E-state index in [0.717, 1.165) is 28.1 Å². The SMILES string of the molecule is CCn1nc(C)c(C(C)Nc2cnc(Br)c(C)c2)c1C. The minimum Gasteiger partial charge on any atom is -0.377 e. The molecule has 0 amide bonds. The standard InChI is InChI=1S/C15H21BrN4/c1-6-20-12(5)14(11(4)19-20)10(3)18-13-7-9(2)15(16)17-8-13/h7-8,10,18H,6H2,1-5H3. The Morgan fingerprint density at radius 2 is 2.05 bits per heavy atom. The average molecular weight is 337 g/mol. The third kappa shape index (κ3) is 2.87. The molecule has 2 heterocycles. The Morgan fingerprint density at radius 1 is 1.35 bits per heavy atom. The molecule has 2 aromatic rings. The summed E-state index contributed by atoms with van der Waals surface area (Å²) >= 11 is 3.42. The molecule has 108 valence electrons. The van der Waals surface area contributed by atoms with Crippen LogP contribution in [0.5, 0.6) is 0 Å². The summed E-state index contributed by atoms with van der Waals surface area (Å²) in [6.45, 7) is 11.4. The van der Waals surface area contributed by atoms with E-state index in [9.17, 15) is 0 Å². The number of aromatic nitrogens is 3. The van der Waals surface area contributed by atoms with Crippen LogP contribution in [0.15, 0.2) is 16.9 Å². The average Bonchev–Trinajstić information content (AvgIpc) is 2.68. The quantitative estimate of drug-likeness (QED) is 0.852. The zero-order valence-corrected chi connectivity index (χ0v) is 14.2. The number of anilines is 1. The van der Waals surface area contributed by atoms with Gasteiger partial charge < -0.3 is 5.32 Å². The van der Waals surface area contributed by atoms with Crippen LogP contribution in [0.3, 0.4) is 0 Å². The molecule has 4 nitrogen and oxygen atoms in total. The van der Waals surface area contributed by atoms with Gasteiger partial charge in [0.05, 0.1) is 23.6 Å². The summed E-state index contributed by atoms with van der Waals surface area (Å²) in [5.74, 6) is 0. The number of aryl methyl sites for hydroxylation is 3. The lowest BCUT2D eigenvalue weighted by molar-refractivity contribution is 0.632. The fourth-order valence-corrected chi connectivity index (χ4v) is 2.82. The molecule has 2 aromatic heterocycles. The van der Waals surface area contributed by atoms with Crippen molar-refractivity contribution >= 4 is 21.6 Å². The molecule has 0 radical (unpaired) electrons. The fourth-order valence-electron chi connectivity index (χ4n) is 2.60. The van der Waals surface area contributed by atoms with E-state index >= 15 is 0 Å². The maximum absolute atomic E-state index is 4.58. The highest BCUT2D eigenvalue weighted by Crippen LogP contribution is 2.26. The van der Waals surface area contributed by atoms with Crippen molar-refractivity contribution in [1.29, 1.82) is 0 Å².